The first-order valence-corrected chi connectivity index (χ1v) is 14.8. The van der Waals surface area contributed by atoms with Crippen molar-refractivity contribution in [3.05, 3.63) is 71.8 Å². The number of nitrogens with zero attached hydrogens (tertiary/aromatic N) is 2. The summed E-state index contributed by atoms with van der Waals surface area (Å²) in [6.45, 7) is 24.7. The Hall–Kier alpha value is -1.68. The zero-order valence-corrected chi connectivity index (χ0v) is 24.8. The van der Waals surface area contributed by atoms with E-state index >= 15 is 0 Å². The van der Waals surface area contributed by atoms with Crippen molar-refractivity contribution in [3.63, 3.8) is 0 Å². The highest BCUT2D eigenvalue weighted by atomic mass is 16.5. The molecule has 2 unspecified atom stereocenters. The molecule has 2 fully saturated rings. The quantitative estimate of drug-likeness (QED) is 0.365. The van der Waals surface area contributed by atoms with Crippen molar-refractivity contribution in [1.82, 2.24) is 9.80 Å². The lowest BCUT2D eigenvalue weighted by Gasteiger charge is -2.40. The Morgan fingerprint density at radius 2 is 1.25 bits per heavy atom. The van der Waals surface area contributed by atoms with Gasteiger partial charge in [-0.1, -0.05) is 129 Å². The highest BCUT2D eigenvalue weighted by Gasteiger charge is 2.37. The van der Waals surface area contributed by atoms with Crippen molar-refractivity contribution >= 4 is 0 Å². The van der Waals surface area contributed by atoms with Crippen LogP contribution in [0.4, 0.5) is 0 Å². The van der Waals surface area contributed by atoms with Gasteiger partial charge in [0.2, 0.25) is 0 Å². The van der Waals surface area contributed by atoms with Crippen LogP contribution >= 0.6 is 0 Å². The van der Waals surface area contributed by atoms with E-state index in [2.05, 4.69) is 84.3 Å². The molecule has 204 valence electrons. The van der Waals surface area contributed by atoms with Gasteiger partial charge in [0.15, 0.2) is 0 Å². The number of hydrogen-bond acceptors (Lipinski definition) is 3. The van der Waals surface area contributed by atoms with Crippen LogP contribution in [0, 0.1) is 11.3 Å². The summed E-state index contributed by atoms with van der Waals surface area (Å²) in [7, 11) is 0. The maximum absolute atomic E-state index is 6.43. The van der Waals surface area contributed by atoms with Gasteiger partial charge in [0.05, 0.1) is 6.61 Å². The molecule has 2 aromatic rings. The van der Waals surface area contributed by atoms with Crippen LogP contribution in [0.1, 0.15) is 91.9 Å². The summed E-state index contributed by atoms with van der Waals surface area (Å²) >= 11 is 0. The molecular weight excluding hydrogens is 440 g/mol. The Morgan fingerprint density at radius 1 is 0.778 bits per heavy atom. The molecular formula is C33H56N2O. The Morgan fingerprint density at radius 3 is 1.69 bits per heavy atom. The SMILES string of the molecule is CC.CC.CC.CC1CCCC1(C)CN1CCN(CCOC(c2ccccc2)c2ccccc2)CC1. The van der Waals surface area contributed by atoms with E-state index < -0.39 is 0 Å². The van der Waals surface area contributed by atoms with Crippen LogP contribution in [0.3, 0.4) is 0 Å². The normalized spacial score (nSPS) is 22.0. The van der Waals surface area contributed by atoms with Crippen LogP contribution in [0.2, 0.25) is 0 Å². The minimum Gasteiger partial charge on any atom is -0.367 e. The average molecular weight is 497 g/mol. The second-order valence-corrected chi connectivity index (χ2v) is 9.64. The predicted octanol–water partition coefficient (Wildman–Crippen LogP) is 8.32. The molecule has 3 nitrogen and oxygen atoms in total. The fraction of sp³-hybridized carbons (Fsp3) is 0.636. The molecule has 0 bridgehead atoms. The largest absolute Gasteiger partial charge is 0.367 e. The number of benzene rings is 2. The molecule has 0 spiro atoms. The fourth-order valence-corrected chi connectivity index (χ4v) is 5.26. The van der Waals surface area contributed by atoms with Crippen molar-refractivity contribution < 1.29 is 4.74 Å². The summed E-state index contributed by atoms with van der Waals surface area (Å²) in [4.78, 5) is 5.28. The van der Waals surface area contributed by atoms with Gasteiger partial charge in [-0.15, -0.1) is 0 Å². The molecule has 1 saturated heterocycles. The predicted molar refractivity (Wildman–Crippen MR) is 159 cm³/mol. The van der Waals surface area contributed by atoms with E-state index in [1.54, 1.807) is 0 Å². The molecule has 3 heteroatoms. The molecule has 2 aliphatic rings. The van der Waals surface area contributed by atoms with E-state index in [1.165, 1.54) is 50.0 Å². The van der Waals surface area contributed by atoms with Gasteiger partial charge < -0.3 is 9.64 Å². The van der Waals surface area contributed by atoms with Gasteiger partial charge in [-0.2, -0.15) is 0 Å². The summed E-state index contributed by atoms with van der Waals surface area (Å²) < 4.78 is 6.43. The van der Waals surface area contributed by atoms with Gasteiger partial charge in [-0.05, 0) is 28.9 Å². The molecule has 1 heterocycles. The van der Waals surface area contributed by atoms with Crippen molar-refractivity contribution in [1.29, 1.82) is 0 Å². The summed E-state index contributed by atoms with van der Waals surface area (Å²) in [5.74, 6) is 0.872. The average Bonchev–Trinajstić information content (AvgIpc) is 3.29. The van der Waals surface area contributed by atoms with Crippen LogP contribution in [-0.2, 0) is 4.74 Å². The number of piperazine rings is 1. The van der Waals surface area contributed by atoms with Crippen molar-refractivity contribution in [2.75, 3.05) is 45.9 Å². The third-order valence-electron chi connectivity index (χ3n) is 7.52. The summed E-state index contributed by atoms with van der Waals surface area (Å²) in [6, 6.07) is 21.2. The number of hydrogen-bond donors (Lipinski definition) is 0. The highest BCUT2D eigenvalue weighted by Crippen LogP contribution is 2.43. The Kier molecular flexibility index (Phi) is 16.7. The second-order valence-electron chi connectivity index (χ2n) is 9.64. The molecule has 0 N–H and O–H groups in total. The first-order valence-electron chi connectivity index (χ1n) is 14.8. The van der Waals surface area contributed by atoms with E-state index in [-0.39, 0.29) is 6.10 Å². The van der Waals surface area contributed by atoms with Crippen LogP contribution in [0.5, 0.6) is 0 Å². The maximum Gasteiger partial charge on any atom is 0.108 e. The van der Waals surface area contributed by atoms with Crippen LogP contribution in [0.25, 0.3) is 0 Å². The summed E-state index contributed by atoms with van der Waals surface area (Å²) in [5.41, 5.74) is 2.99. The zero-order chi connectivity index (χ0) is 26.8. The van der Waals surface area contributed by atoms with Crippen LogP contribution in [-0.4, -0.2) is 55.7 Å². The Bertz CT molecular complexity index is 718. The van der Waals surface area contributed by atoms with E-state index in [1.807, 2.05) is 41.5 Å². The van der Waals surface area contributed by atoms with E-state index in [9.17, 15) is 0 Å². The minimum atomic E-state index is 0.0116. The molecule has 0 aromatic heterocycles. The minimum absolute atomic E-state index is 0.0116. The van der Waals surface area contributed by atoms with Crippen LogP contribution in [0.15, 0.2) is 60.7 Å². The molecule has 0 amide bonds. The molecule has 2 aromatic carbocycles. The molecule has 1 aliphatic carbocycles. The Labute approximate surface area is 224 Å². The molecule has 0 radical (unpaired) electrons. The van der Waals surface area contributed by atoms with Gasteiger partial charge >= 0.3 is 0 Å². The first-order chi connectivity index (χ1) is 17.6. The van der Waals surface area contributed by atoms with Gasteiger partial charge in [0, 0.05) is 39.3 Å². The first kappa shape index (κ1) is 32.3. The lowest BCUT2D eigenvalue weighted by molar-refractivity contribution is 0.0348. The summed E-state index contributed by atoms with van der Waals surface area (Å²) in [6.07, 6.45) is 4.25. The van der Waals surface area contributed by atoms with Gasteiger partial charge in [0.1, 0.15) is 6.10 Å². The van der Waals surface area contributed by atoms with Crippen molar-refractivity contribution in [3.8, 4) is 0 Å². The zero-order valence-electron chi connectivity index (χ0n) is 24.8. The fourth-order valence-electron chi connectivity index (χ4n) is 5.26. The van der Waals surface area contributed by atoms with E-state index in [0.717, 1.165) is 32.2 Å². The lowest BCUT2D eigenvalue weighted by Crippen LogP contribution is -2.50. The van der Waals surface area contributed by atoms with Gasteiger partial charge in [-0.25, -0.2) is 0 Å². The standard InChI is InChI=1S/C27H38N2O.3C2H6/c1-23-10-9-15-27(23,2)22-29-18-16-28(17-19-29)20-21-30-26(24-11-5-3-6-12-24)25-13-7-4-8-14-25;3*1-2/h3-8,11-14,23,26H,9-10,15-22H2,1-2H3;3*1-2H3. The summed E-state index contributed by atoms with van der Waals surface area (Å²) in [5, 5.41) is 0. The molecule has 4 rings (SSSR count). The smallest absolute Gasteiger partial charge is 0.108 e. The third-order valence-corrected chi connectivity index (χ3v) is 7.52. The van der Waals surface area contributed by atoms with Crippen molar-refractivity contribution in [2.45, 2.75) is 80.8 Å². The number of ether oxygens (including phenoxy) is 1. The lowest BCUT2D eigenvalue weighted by atomic mass is 9.80. The van der Waals surface area contributed by atoms with Crippen molar-refractivity contribution in [2.24, 2.45) is 11.3 Å². The van der Waals surface area contributed by atoms with Gasteiger partial charge in [-0.3, -0.25) is 4.90 Å². The molecule has 36 heavy (non-hydrogen) atoms. The van der Waals surface area contributed by atoms with Gasteiger partial charge in [0.25, 0.3) is 0 Å². The topological polar surface area (TPSA) is 15.7 Å². The maximum atomic E-state index is 6.43. The molecule has 1 aliphatic heterocycles. The van der Waals surface area contributed by atoms with E-state index in [0.29, 0.717) is 5.41 Å². The number of rotatable bonds is 8. The molecule has 1 saturated carbocycles. The second kappa shape index (κ2) is 18.5. The molecule has 2 atom stereocenters. The third kappa shape index (κ3) is 10.00. The highest BCUT2D eigenvalue weighted by molar-refractivity contribution is 5.29. The van der Waals surface area contributed by atoms with E-state index in [4.69, 9.17) is 4.74 Å². The Balaban J connectivity index is 0.00000101. The monoisotopic (exact) mass is 496 g/mol. The van der Waals surface area contributed by atoms with Crippen LogP contribution < -0.4 is 0 Å².